The van der Waals surface area contributed by atoms with Crippen molar-refractivity contribution in [2.45, 2.75) is 0 Å². The Kier molecular flexibility index (Phi) is 6.94. The molecule has 2 heterocycles. The molecule has 0 aliphatic carbocycles. The Hall–Kier alpha value is -3.98. The average molecular weight is 510 g/mol. The second-order valence-electron chi connectivity index (χ2n) is 8.84. The van der Waals surface area contributed by atoms with Crippen LogP contribution in [0.25, 0.3) is 37.5 Å². The zero-order chi connectivity index (χ0) is 24.9. The van der Waals surface area contributed by atoms with Crippen molar-refractivity contribution < 1.29 is 0 Å². The van der Waals surface area contributed by atoms with Crippen LogP contribution in [0, 0.1) is 0 Å². The average Bonchev–Trinajstić information content (AvgIpc) is 2.99. The van der Waals surface area contributed by atoms with Gasteiger partial charge in [-0.25, -0.2) is 0 Å². The number of rotatable bonds is 5. The Morgan fingerprint density at radius 1 is 0.459 bits per heavy atom. The first kappa shape index (κ1) is 23.4. The summed E-state index contributed by atoms with van der Waals surface area (Å²) in [4.78, 5) is 5.02. The van der Waals surface area contributed by atoms with Gasteiger partial charge in [-0.05, 0) is 52.1 Å². The predicted octanol–water partition coefficient (Wildman–Crippen LogP) is 10.6. The van der Waals surface area contributed by atoms with E-state index in [2.05, 4.69) is 152 Å². The lowest BCUT2D eigenvalue weighted by atomic mass is 10.0. The molecule has 0 atom stereocenters. The van der Waals surface area contributed by atoms with Crippen molar-refractivity contribution in [1.82, 2.24) is 0 Å². The van der Waals surface area contributed by atoms with Gasteiger partial charge in [-0.2, -0.15) is 0 Å². The van der Waals surface area contributed by atoms with E-state index in [9.17, 15) is 0 Å². The van der Waals surface area contributed by atoms with E-state index >= 15 is 0 Å². The minimum absolute atomic E-state index is 1.21. The van der Waals surface area contributed by atoms with Crippen LogP contribution in [-0.4, -0.2) is 0 Å². The SMILES string of the molecule is C(=C1C=C(c2ccccc2)SC(c2ccccc2)=C1)c1cc(-c2ccccc2)cc(-c2ccccc2)[s+]1. The zero-order valence-electron chi connectivity index (χ0n) is 20.3. The van der Waals surface area contributed by atoms with E-state index in [0.29, 0.717) is 0 Å². The minimum Gasteiger partial charge on any atom is -0.0888 e. The zero-order valence-corrected chi connectivity index (χ0v) is 21.9. The van der Waals surface area contributed by atoms with Gasteiger partial charge in [-0.1, -0.05) is 121 Å². The quantitative estimate of drug-likeness (QED) is 0.212. The van der Waals surface area contributed by atoms with E-state index in [1.165, 1.54) is 53.0 Å². The van der Waals surface area contributed by atoms with Gasteiger partial charge >= 0.3 is 0 Å². The lowest BCUT2D eigenvalue weighted by molar-refractivity contribution is 1.61. The van der Waals surface area contributed by atoms with E-state index < -0.39 is 0 Å². The fourth-order valence-electron chi connectivity index (χ4n) is 4.39. The van der Waals surface area contributed by atoms with Crippen LogP contribution >= 0.6 is 23.1 Å². The first-order valence-corrected chi connectivity index (χ1v) is 14.0. The molecule has 4 aromatic carbocycles. The molecule has 0 saturated carbocycles. The maximum atomic E-state index is 2.33. The molecule has 1 aliphatic heterocycles. The first-order valence-electron chi connectivity index (χ1n) is 12.3. The molecule has 0 bridgehead atoms. The molecule has 0 spiro atoms. The first-order chi connectivity index (χ1) is 18.3. The third kappa shape index (κ3) is 5.56. The molecule has 1 aliphatic rings. The summed E-state index contributed by atoms with van der Waals surface area (Å²) in [5, 5.41) is 0. The normalized spacial score (nSPS) is 13.0. The molecular formula is C35H25S2+. The molecule has 6 rings (SSSR count). The third-order valence-corrected chi connectivity index (χ3v) is 8.41. The largest absolute Gasteiger partial charge is 0.239 e. The van der Waals surface area contributed by atoms with Gasteiger partial charge in [-0.15, -0.1) is 0 Å². The van der Waals surface area contributed by atoms with Crippen molar-refractivity contribution >= 4 is 39.0 Å². The number of hydrogen-bond donors (Lipinski definition) is 0. The van der Waals surface area contributed by atoms with Crippen molar-refractivity contribution in [3.05, 3.63) is 167 Å². The Morgan fingerprint density at radius 2 is 0.919 bits per heavy atom. The second-order valence-corrected chi connectivity index (χ2v) is 11.0. The van der Waals surface area contributed by atoms with Crippen LogP contribution in [0.1, 0.15) is 16.0 Å². The summed E-state index contributed by atoms with van der Waals surface area (Å²) in [6, 6.07) is 47.3. The summed E-state index contributed by atoms with van der Waals surface area (Å²) in [6.07, 6.45) is 6.96. The summed E-state index contributed by atoms with van der Waals surface area (Å²) < 4.78 is 0. The van der Waals surface area contributed by atoms with Gasteiger partial charge in [0.25, 0.3) is 0 Å². The number of thioether (sulfide) groups is 1. The van der Waals surface area contributed by atoms with Crippen LogP contribution in [0.2, 0.25) is 0 Å². The molecule has 0 unspecified atom stereocenters. The highest BCUT2D eigenvalue weighted by Crippen LogP contribution is 2.44. The molecule has 0 radical (unpaired) electrons. The van der Waals surface area contributed by atoms with E-state index in [0.717, 1.165) is 0 Å². The summed E-state index contributed by atoms with van der Waals surface area (Å²) in [6.45, 7) is 0. The van der Waals surface area contributed by atoms with Crippen molar-refractivity contribution in [2.24, 2.45) is 0 Å². The van der Waals surface area contributed by atoms with Gasteiger partial charge < -0.3 is 0 Å². The molecule has 37 heavy (non-hydrogen) atoms. The van der Waals surface area contributed by atoms with Gasteiger partial charge in [0.15, 0.2) is 0 Å². The van der Waals surface area contributed by atoms with Crippen LogP contribution in [0.5, 0.6) is 0 Å². The Morgan fingerprint density at radius 3 is 1.43 bits per heavy atom. The van der Waals surface area contributed by atoms with E-state index in [4.69, 9.17) is 0 Å². The molecule has 176 valence electrons. The second kappa shape index (κ2) is 11.0. The Balaban J connectivity index is 1.49. The molecule has 0 fully saturated rings. The van der Waals surface area contributed by atoms with Crippen LogP contribution in [-0.2, 0) is 0 Å². The van der Waals surface area contributed by atoms with Crippen LogP contribution in [0.3, 0.4) is 0 Å². The molecule has 1 aromatic heterocycles. The third-order valence-electron chi connectivity index (χ3n) is 6.22. The molecule has 0 nitrogen and oxygen atoms in total. The van der Waals surface area contributed by atoms with E-state index in [-0.39, 0.29) is 0 Å². The highest BCUT2D eigenvalue weighted by molar-refractivity contribution is 8.16. The predicted molar refractivity (Wildman–Crippen MR) is 164 cm³/mol. The molecule has 2 heteroatoms. The summed E-state index contributed by atoms with van der Waals surface area (Å²) in [7, 11) is 0. The standard InChI is InChI=1S/C35H25S2/c1-5-13-27(14-6-1)31-24-32(36-35(25-31)30-19-11-4-12-20-30)21-26-22-33(28-15-7-2-8-16-28)37-34(23-26)29-17-9-3-10-18-29/h1-25H/q+1. The number of benzene rings is 4. The number of allylic oxidation sites excluding steroid dienone is 3. The van der Waals surface area contributed by atoms with Gasteiger partial charge in [0.05, 0.1) is 0 Å². The molecule has 0 N–H and O–H groups in total. The van der Waals surface area contributed by atoms with Crippen molar-refractivity contribution in [3.63, 3.8) is 0 Å². The maximum Gasteiger partial charge on any atom is 0.239 e. The molecule has 0 saturated heterocycles. The lowest BCUT2D eigenvalue weighted by Gasteiger charge is -2.17. The van der Waals surface area contributed by atoms with Gasteiger partial charge in [-0.3, -0.25) is 0 Å². The summed E-state index contributed by atoms with van der Waals surface area (Å²) >= 11 is 3.67. The topological polar surface area (TPSA) is 0 Å². The van der Waals surface area contributed by atoms with Crippen molar-refractivity contribution in [1.29, 1.82) is 0 Å². The minimum atomic E-state index is 1.21. The molecule has 5 aromatic rings. The van der Waals surface area contributed by atoms with E-state index in [1.807, 2.05) is 23.1 Å². The molecular weight excluding hydrogens is 485 g/mol. The van der Waals surface area contributed by atoms with Gasteiger partial charge in [0.1, 0.15) is 0 Å². The summed E-state index contributed by atoms with van der Waals surface area (Å²) in [5.41, 5.74) is 7.39. The van der Waals surface area contributed by atoms with Gasteiger partial charge in [0.2, 0.25) is 21.1 Å². The maximum absolute atomic E-state index is 2.33. The molecule has 0 amide bonds. The smallest absolute Gasteiger partial charge is 0.0888 e. The van der Waals surface area contributed by atoms with E-state index in [1.54, 1.807) is 0 Å². The lowest BCUT2D eigenvalue weighted by Crippen LogP contribution is -1.91. The number of hydrogen-bond acceptors (Lipinski definition) is 1. The summed E-state index contributed by atoms with van der Waals surface area (Å²) in [5.74, 6) is 0. The Bertz CT molecular complexity index is 1480. The highest BCUT2D eigenvalue weighted by Gasteiger charge is 2.19. The fraction of sp³-hybridized carbons (Fsp3) is 0. The van der Waals surface area contributed by atoms with Crippen LogP contribution in [0.15, 0.2) is 151 Å². The monoisotopic (exact) mass is 509 g/mol. The van der Waals surface area contributed by atoms with Crippen molar-refractivity contribution in [2.75, 3.05) is 0 Å². The Labute approximate surface area is 227 Å². The van der Waals surface area contributed by atoms with Crippen LogP contribution < -0.4 is 0 Å². The van der Waals surface area contributed by atoms with Crippen LogP contribution in [0.4, 0.5) is 0 Å². The highest BCUT2D eigenvalue weighted by atomic mass is 32.2. The van der Waals surface area contributed by atoms with Gasteiger partial charge in [0, 0.05) is 33.6 Å². The fourth-order valence-corrected chi connectivity index (χ4v) is 6.60. The van der Waals surface area contributed by atoms with Crippen molar-refractivity contribution in [3.8, 4) is 21.6 Å².